The van der Waals surface area contributed by atoms with E-state index in [1.807, 2.05) is 19.9 Å². The Labute approximate surface area is 210 Å². The molecular weight excluding hydrogens is 468 g/mol. The van der Waals surface area contributed by atoms with Crippen molar-refractivity contribution in [1.82, 2.24) is 15.5 Å². The molecule has 1 aromatic rings. The van der Waals surface area contributed by atoms with Crippen molar-refractivity contribution in [2.24, 2.45) is 11.7 Å². The first-order valence-corrected chi connectivity index (χ1v) is 12.2. The van der Waals surface area contributed by atoms with Crippen LogP contribution in [-0.4, -0.2) is 75.5 Å². The Hall–Kier alpha value is -3.47. The lowest BCUT2D eigenvalue weighted by Gasteiger charge is -2.29. The van der Waals surface area contributed by atoms with Crippen LogP contribution in [-0.2, 0) is 30.4 Å². The van der Waals surface area contributed by atoms with Crippen molar-refractivity contribution in [3.8, 4) is 0 Å². The van der Waals surface area contributed by atoms with Gasteiger partial charge >= 0.3 is 11.9 Å². The summed E-state index contributed by atoms with van der Waals surface area (Å²) in [6.45, 7) is 3.92. The van der Waals surface area contributed by atoms with Crippen molar-refractivity contribution in [3.63, 3.8) is 0 Å². The van der Waals surface area contributed by atoms with E-state index in [0.29, 0.717) is 12.8 Å². The fraction of sp³-hybridized carbons (Fsp3) is 0.560. The van der Waals surface area contributed by atoms with Crippen molar-refractivity contribution >= 4 is 29.7 Å². The first kappa shape index (κ1) is 28.8. The van der Waals surface area contributed by atoms with Crippen LogP contribution in [0.3, 0.4) is 0 Å². The van der Waals surface area contributed by atoms with Crippen LogP contribution in [0.25, 0.3) is 0 Å². The number of nitrogens with two attached hydrogens (primary N) is 1. The molecule has 5 atom stereocenters. The second kappa shape index (κ2) is 13.6. The molecule has 0 aliphatic carbocycles. The van der Waals surface area contributed by atoms with E-state index in [9.17, 15) is 29.1 Å². The fourth-order valence-electron chi connectivity index (χ4n) is 4.12. The normalized spacial score (nSPS) is 18.5. The van der Waals surface area contributed by atoms with Crippen LogP contribution in [0.2, 0.25) is 0 Å². The van der Waals surface area contributed by atoms with Crippen molar-refractivity contribution in [2.45, 2.75) is 76.5 Å². The van der Waals surface area contributed by atoms with Gasteiger partial charge in [0.1, 0.15) is 18.1 Å². The van der Waals surface area contributed by atoms with Gasteiger partial charge in [-0.1, -0.05) is 50.6 Å². The number of nitrogens with one attached hydrogen (secondary N) is 2. The number of carboxylic acid groups (broad SMARTS) is 2. The predicted molar refractivity (Wildman–Crippen MR) is 131 cm³/mol. The van der Waals surface area contributed by atoms with Gasteiger partial charge in [-0.2, -0.15) is 0 Å². The molecule has 6 N–H and O–H groups in total. The summed E-state index contributed by atoms with van der Waals surface area (Å²) in [5.41, 5.74) is 6.80. The van der Waals surface area contributed by atoms with Gasteiger partial charge in [0.2, 0.25) is 17.7 Å². The van der Waals surface area contributed by atoms with Crippen LogP contribution in [0.4, 0.5) is 0 Å². The zero-order chi connectivity index (χ0) is 26.8. The molecular formula is C25H36N4O7. The lowest BCUT2D eigenvalue weighted by molar-refractivity contribution is -0.150. The lowest BCUT2D eigenvalue weighted by atomic mass is 9.98. The zero-order valence-corrected chi connectivity index (χ0v) is 20.7. The number of carboxylic acids is 2. The number of rotatable bonds is 13. The molecule has 2 rings (SSSR count). The van der Waals surface area contributed by atoms with Gasteiger partial charge in [-0.25, -0.2) is 4.79 Å². The van der Waals surface area contributed by atoms with E-state index in [4.69, 9.17) is 10.8 Å². The summed E-state index contributed by atoms with van der Waals surface area (Å²) in [4.78, 5) is 63.2. The molecule has 5 unspecified atom stereocenters. The molecule has 1 saturated heterocycles. The van der Waals surface area contributed by atoms with Crippen molar-refractivity contribution in [2.75, 3.05) is 6.54 Å². The number of likely N-dealkylation sites (tertiary alicyclic amines) is 1. The summed E-state index contributed by atoms with van der Waals surface area (Å²) in [5, 5.41) is 23.8. The average Bonchev–Trinajstić information content (AvgIpc) is 3.35. The summed E-state index contributed by atoms with van der Waals surface area (Å²) in [6, 6.07) is 4.75. The van der Waals surface area contributed by atoms with E-state index < -0.39 is 60.2 Å². The van der Waals surface area contributed by atoms with Crippen LogP contribution in [0.1, 0.15) is 51.5 Å². The number of amides is 3. The molecule has 3 amide bonds. The van der Waals surface area contributed by atoms with E-state index in [0.717, 1.165) is 5.56 Å². The number of carbonyl (C=O) groups excluding carboxylic acids is 3. The Morgan fingerprint density at radius 1 is 1.06 bits per heavy atom. The summed E-state index contributed by atoms with van der Waals surface area (Å²) < 4.78 is 0. The maximum atomic E-state index is 13.3. The molecule has 11 heteroatoms. The Bertz CT molecular complexity index is 940. The minimum Gasteiger partial charge on any atom is -0.481 e. The van der Waals surface area contributed by atoms with Gasteiger partial charge in [-0.05, 0) is 30.7 Å². The Kier molecular flexibility index (Phi) is 10.8. The molecule has 0 spiro atoms. The van der Waals surface area contributed by atoms with Crippen molar-refractivity contribution < 1.29 is 34.2 Å². The van der Waals surface area contributed by atoms with Crippen LogP contribution in [0, 0.1) is 5.92 Å². The van der Waals surface area contributed by atoms with Crippen molar-refractivity contribution in [3.05, 3.63) is 35.9 Å². The average molecular weight is 505 g/mol. The van der Waals surface area contributed by atoms with E-state index in [-0.39, 0.29) is 31.7 Å². The molecule has 0 bridgehead atoms. The standard InChI is InChI=1S/C25H36N4O7/c1-3-15(2)21(26)23(33)28-18(14-16-8-5-4-6-9-16)22(32)27-17(11-12-20(30)31)24(34)29-13-7-10-19(29)25(35)36/h4-6,8-9,15,17-19,21H,3,7,10-14,26H2,1-2H3,(H,27,32)(H,28,33)(H,30,31)(H,35,36). The third kappa shape index (κ3) is 8.04. The molecule has 0 saturated carbocycles. The monoisotopic (exact) mass is 504 g/mol. The van der Waals surface area contributed by atoms with E-state index in [1.165, 1.54) is 4.90 Å². The molecule has 1 fully saturated rings. The molecule has 0 radical (unpaired) electrons. The van der Waals surface area contributed by atoms with Gasteiger partial charge in [0, 0.05) is 19.4 Å². The quantitative estimate of drug-likeness (QED) is 0.258. The first-order chi connectivity index (χ1) is 17.0. The molecule has 198 valence electrons. The number of hydrogen-bond donors (Lipinski definition) is 5. The summed E-state index contributed by atoms with van der Waals surface area (Å²) >= 11 is 0. The number of carbonyl (C=O) groups is 5. The SMILES string of the molecule is CCC(C)C(N)C(=O)NC(Cc1ccccc1)C(=O)NC(CCC(=O)O)C(=O)N1CCCC1C(=O)O. The zero-order valence-electron chi connectivity index (χ0n) is 20.7. The van der Waals surface area contributed by atoms with E-state index >= 15 is 0 Å². The minimum absolute atomic E-state index is 0.118. The van der Waals surface area contributed by atoms with Crippen LogP contribution in [0.5, 0.6) is 0 Å². The maximum absolute atomic E-state index is 13.3. The first-order valence-electron chi connectivity index (χ1n) is 12.2. The predicted octanol–water partition coefficient (Wildman–Crippen LogP) is 0.513. The van der Waals surface area contributed by atoms with Crippen LogP contribution in [0.15, 0.2) is 30.3 Å². The Morgan fingerprint density at radius 3 is 2.28 bits per heavy atom. The highest BCUT2D eigenvalue weighted by molar-refractivity contribution is 5.94. The fourth-order valence-corrected chi connectivity index (χ4v) is 4.12. The highest BCUT2D eigenvalue weighted by atomic mass is 16.4. The third-order valence-electron chi connectivity index (χ3n) is 6.56. The van der Waals surface area contributed by atoms with Gasteiger partial charge in [0.25, 0.3) is 0 Å². The molecule has 36 heavy (non-hydrogen) atoms. The molecule has 1 heterocycles. The number of nitrogens with zero attached hydrogens (tertiary/aromatic N) is 1. The molecule has 1 aromatic carbocycles. The van der Waals surface area contributed by atoms with E-state index in [2.05, 4.69) is 10.6 Å². The van der Waals surface area contributed by atoms with Gasteiger partial charge in [-0.3, -0.25) is 19.2 Å². The van der Waals surface area contributed by atoms with E-state index in [1.54, 1.807) is 24.3 Å². The van der Waals surface area contributed by atoms with Crippen molar-refractivity contribution in [1.29, 1.82) is 0 Å². The molecule has 11 nitrogen and oxygen atoms in total. The van der Waals surface area contributed by atoms with Gasteiger partial charge in [0.05, 0.1) is 6.04 Å². The minimum atomic E-state index is -1.26. The number of aliphatic carboxylic acids is 2. The van der Waals surface area contributed by atoms with Gasteiger partial charge in [-0.15, -0.1) is 0 Å². The summed E-state index contributed by atoms with van der Waals surface area (Å²) in [6.07, 6.45) is 0.921. The molecule has 1 aliphatic rings. The van der Waals surface area contributed by atoms with Gasteiger partial charge in [0.15, 0.2) is 0 Å². The van der Waals surface area contributed by atoms with Crippen LogP contribution < -0.4 is 16.4 Å². The highest BCUT2D eigenvalue weighted by Gasteiger charge is 2.38. The Balaban J connectivity index is 2.26. The van der Waals surface area contributed by atoms with Crippen LogP contribution >= 0.6 is 0 Å². The largest absolute Gasteiger partial charge is 0.481 e. The number of benzene rings is 1. The Morgan fingerprint density at radius 2 is 1.69 bits per heavy atom. The lowest BCUT2D eigenvalue weighted by Crippen LogP contribution is -2.58. The summed E-state index contributed by atoms with van der Waals surface area (Å²) in [7, 11) is 0. The number of hydrogen-bond acceptors (Lipinski definition) is 6. The second-order valence-electron chi connectivity index (χ2n) is 9.18. The smallest absolute Gasteiger partial charge is 0.326 e. The highest BCUT2D eigenvalue weighted by Crippen LogP contribution is 2.20. The molecule has 0 aromatic heterocycles. The second-order valence-corrected chi connectivity index (χ2v) is 9.18. The maximum Gasteiger partial charge on any atom is 0.326 e. The third-order valence-corrected chi connectivity index (χ3v) is 6.56. The topological polar surface area (TPSA) is 179 Å². The summed E-state index contributed by atoms with van der Waals surface area (Å²) in [5.74, 6) is -4.30. The van der Waals surface area contributed by atoms with Gasteiger partial charge < -0.3 is 31.5 Å². The molecule has 1 aliphatic heterocycles.